The lowest BCUT2D eigenvalue weighted by atomic mass is 9.77. The highest BCUT2D eigenvalue weighted by Crippen LogP contribution is 2.32. The largest absolute Gasteiger partial charge is 0.381 e. The first-order valence-corrected chi connectivity index (χ1v) is 8.40. The first kappa shape index (κ1) is 12.5. The number of nitrogens with one attached hydrogen (secondary N) is 2. The van der Waals surface area contributed by atoms with Gasteiger partial charge >= 0.3 is 0 Å². The molecule has 0 bridgehead atoms. The molecular weight excluding hydrogens is 240 g/mol. The van der Waals surface area contributed by atoms with E-state index in [1.54, 1.807) is 11.3 Å². The standard InChI is InChI=1S/C15H24N2S/c1-2-7-15(17-12-8-10-18-11-12)13(5-1)14-6-3-4-9-16-14/h8,10-11,13-17H,1-7,9H2. The van der Waals surface area contributed by atoms with E-state index in [-0.39, 0.29) is 0 Å². The van der Waals surface area contributed by atoms with E-state index in [9.17, 15) is 0 Å². The Morgan fingerprint density at radius 3 is 2.78 bits per heavy atom. The maximum atomic E-state index is 3.78. The van der Waals surface area contributed by atoms with Gasteiger partial charge in [-0.05, 0) is 49.6 Å². The van der Waals surface area contributed by atoms with Gasteiger partial charge < -0.3 is 10.6 Å². The highest BCUT2D eigenvalue weighted by atomic mass is 32.1. The molecule has 3 unspecified atom stereocenters. The van der Waals surface area contributed by atoms with Crippen LogP contribution in [0.1, 0.15) is 44.9 Å². The molecule has 3 rings (SSSR count). The smallest absolute Gasteiger partial charge is 0.0451 e. The van der Waals surface area contributed by atoms with Gasteiger partial charge in [0.2, 0.25) is 0 Å². The molecule has 2 heterocycles. The fourth-order valence-electron chi connectivity index (χ4n) is 3.63. The molecule has 0 aromatic carbocycles. The van der Waals surface area contributed by atoms with Crippen molar-refractivity contribution < 1.29 is 0 Å². The lowest BCUT2D eigenvalue weighted by Gasteiger charge is -2.40. The van der Waals surface area contributed by atoms with E-state index in [4.69, 9.17) is 0 Å². The molecule has 100 valence electrons. The Kier molecular flexibility index (Phi) is 4.21. The molecule has 1 aliphatic carbocycles. The van der Waals surface area contributed by atoms with E-state index in [1.165, 1.54) is 57.2 Å². The van der Waals surface area contributed by atoms with E-state index in [2.05, 4.69) is 27.5 Å². The average molecular weight is 264 g/mol. The number of hydrogen-bond donors (Lipinski definition) is 2. The molecule has 2 N–H and O–H groups in total. The van der Waals surface area contributed by atoms with Gasteiger partial charge in [0.25, 0.3) is 0 Å². The topological polar surface area (TPSA) is 24.1 Å². The Balaban J connectivity index is 1.65. The first-order valence-electron chi connectivity index (χ1n) is 7.45. The van der Waals surface area contributed by atoms with Crippen LogP contribution in [0.4, 0.5) is 5.69 Å². The number of rotatable bonds is 3. The first-order chi connectivity index (χ1) is 8.93. The highest BCUT2D eigenvalue weighted by Gasteiger charge is 2.32. The molecule has 2 fully saturated rings. The Bertz CT molecular complexity index is 343. The summed E-state index contributed by atoms with van der Waals surface area (Å²) in [6, 6.07) is 3.66. The second-order valence-corrected chi connectivity index (χ2v) is 6.55. The van der Waals surface area contributed by atoms with Crippen LogP contribution >= 0.6 is 11.3 Å². The van der Waals surface area contributed by atoms with Gasteiger partial charge in [0, 0.05) is 23.2 Å². The zero-order valence-corrected chi connectivity index (χ0v) is 11.8. The van der Waals surface area contributed by atoms with Crippen LogP contribution in [0.3, 0.4) is 0 Å². The van der Waals surface area contributed by atoms with Gasteiger partial charge in [0.05, 0.1) is 0 Å². The monoisotopic (exact) mass is 264 g/mol. The van der Waals surface area contributed by atoms with Crippen LogP contribution in [0.5, 0.6) is 0 Å². The van der Waals surface area contributed by atoms with Crippen LogP contribution < -0.4 is 10.6 Å². The third-order valence-corrected chi connectivity index (χ3v) is 5.24. The number of hydrogen-bond acceptors (Lipinski definition) is 3. The van der Waals surface area contributed by atoms with E-state index in [0.717, 1.165) is 12.0 Å². The molecule has 0 amide bonds. The molecule has 1 aromatic heterocycles. The summed E-state index contributed by atoms with van der Waals surface area (Å²) in [5.41, 5.74) is 1.33. The number of thiophene rings is 1. The predicted molar refractivity (Wildman–Crippen MR) is 79.3 cm³/mol. The van der Waals surface area contributed by atoms with Crippen molar-refractivity contribution in [1.29, 1.82) is 0 Å². The van der Waals surface area contributed by atoms with Gasteiger partial charge in [-0.15, -0.1) is 0 Å². The molecule has 2 nitrogen and oxygen atoms in total. The van der Waals surface area contributed by atoms with E-state index >= 15 is 0 Å². The quantitative estimate of drug-likeness (QED) is 0.866. The zero-order chi connectivity index (χ0) is 12.2. The SMILES string of the molecule is c1cc(NC2CCCCC2C2CCCCN2)cs1. The number of piperidine rings is 1. The molecule has 3 atom stereocenters. The lowest BCUT2D eigenvalue weighted by molar-refractivity contribution is 0.217. The van der Waals surface area contributed by atoms with Gasteiger partial charge in [0.1, 0.15) is 0 Å². The van der Waals surface area contributed by atoms with Crippen molar-refractivity contribution in [1.82, 2.24) is 5.32 Å². The average Bonchev–Trinajstić information content (AvgIpc) is 2.93. The summed E-state index contributed by atoms with van der Waals surface area (Å²) in [6.07, 6.45) is 9.73. The molecule has 1 aliphatic heterocycles. The van der Waals surface area contributed by atoms with Crippen molar-refractivity contribution in [2.24, 2.45) is 5.92 Å². The fraction of sp³-hybridized carbons (Fsp3) is 0.733. The minimum absolute atomic E-state index is 0.684. The fourth-order valence-corrected chi connectivity index (χ4v) is 4.22. The maximum Gasteiger partial charge on any atom is 0.0451 e. The molecule has 0 spiro atoms. The summed E-state index contributed by atoms with van der Waals surface area (Å²) >= 11 is 1.79. The van der Waals surface area contributed by atoms with Gasteiger partial charge in [-0.25, -0.2) is 0 Å². The molecule has 18 heavy (non-hydrogen) atoms. The van der Waals surface area contributed by atoms with Crippen molar-refractivity contribution in [2.75, 3.05) is 11.9 Å². The van der Waals surface area contributed by atoms with Crippen molar-refractivity contribution >= 4 is 17.0 Å². The molecule has 1 saturated heterocycles. The third-order valence-electron chi connectivity index (χ3n) is 4.56. The molecule has 0 radical (unpaired) electrons. The maximum absolute atomic E-state index is 3.78. The number of anilines is 1. The van der Waals surface area contributed by atoms with E-state index < -0.39 is 0 Å². The summed E-state index contributed by atoms with van der Waals surface area (Å²) in [5.74, 6) is 0.832. The Morgan fingerprint density at radius 1 is 1.11 bits per heavy atom. The Morgan fingerprint density at radius 2 is 2.00 bits per heavy atom. The van der Waals surface area contributed by atoms with Gasteiger partial charge in [-0.2, -0.15) is 11.3 Å². The molecule has 1 saturated carbocycles. The summed E-state index contributed by atoms with van der Waals surface area (Å²) in [5, 5.41) is 11.9. The van der Waals surface area contributed by atoms with Gasteiger partial charge in [0.15, 0.2) is 0 Å². The van der Waals surface area contributed by atoms with E-state index in [1.807, 2.05) is 0 Å². The highest BCUT2D eigenvalue weighted by molar-refractivity contribution is 7.08. The van der Waals surface area contributed by atoms with Crippen LogP contribution in [-0.2, 0) is 0 Å². The van der Waals surface area contributed by atoms with Crippen LogP contribution in [0.2, 0.25) is 0 Å². The van der Waals surface area contributed by atoms with Gasteiger partial charge in [-0.3, -0.25) is 0 Å². The summed E-state index contributed by atoms with van der Waals surface area (Å²) in [7, 11) is 0. The predicted octanol–water partition coefficient (Wildman–Crippen LogP) is 3.86. The van der Waals surface area contributed by atoms with E-state index in [0.29, 0.717) is 6.04 Å². The van der Waals surface area contributed by atoms with Crippen molar-refractivity contribution in [3.63, 3.8) is 0 Å². The van der Waals surface area contributed by atoms with Crippen LogP contribution in [-0.4, -0.2) is 18.6 Å². The van der Waals surface area contributed by atoms with Crippen LogP contribution in [0, 0.1) is 5.92 Å². The second kappa shape index (κ2) is 6.07. The van der Waals surface area contributed by atoms with Crippen LogP contribution in [0.15, 0.2) is 16.8 Å². The Hall–Kier alpha value is -0.540. The molecule has 3 heteroatoms. The summed E-state index contributed by atoms with van der Waals surface area (Å²) in [6.45, 7) is 1.23. The summed E-state index contributed by atoms with van der Waals surface area (Å²) < 4.78 is 0. The Labute approximate surface area is 114 Å². The third kappa shape index (κ3) is 2.89. The minimum Gasteiger partial charge on any atom is -0.381 e. The molecular formula is C15H24N2S. The van der Waals surface area contributed by atoms with Crippen molar-refractivity contribution in [2.45, 2.75) is 57.0 Å². The second-order valence-electron chi connectivity index (χ2n) is 5.77. The molecule has 2 aliphatic rings. The van der Waals surface area contributed by atoms with Crippen molar-refractivity contribution in [3.8, 4) is 0 Å². The van der Waals surface area contributed by atoms with Gasteiger partial charge in [-0.1, -0.05) is 19.3 Å². The summed E-state index contributed by atoms with van der Waals surface area (Å²) in [4.78, 5) is 0. The van der Waals surface area contributed by atoms with Crippen molar-refractivity contribution in [3.05, 3.63) is 16.8 Å². The molecule has 1 aromatic rings. The lowest BCUT2D eigenvalue weighted by Crippen LogP contribution is -2.48. The normalized spacial score (nSPS) is 33.2. The van der Waals surface area contributed by atoms with Crippen LogP contribution in [0.25, 0.3) is 0 Å². The minimum atomic E-state index is 0.684. The zero-order valence-electron chi connectivity index (χ0n) is 11.0.